The van der Waals surface area contributed by atoms with Crippen LogP contribution in [0.4, 0.5) is 0 Å². The lowest BCUT2D eigenvalue weighted by Crippen LogP contribution is -2.64. The highest BCUT2D eigenvalue weighted by Crippen LogP contribution is 2.28. The van der Waals surface area contributed by atoms with Crippen molar-refractivity contribution in [2.24, 2.45) is 41.4 Å². The second-order valence-corrected chi connectivity index (χ2v) is 27.5. The van der Waals surface area contributed by atoms with Gasteiger partial charge in [0, 0.05) is 69.2 Å². The summed E-state index contributed by atoms with van der Waals surface area (Å²) < 4.78 is 0. The van der Waals surface area contributed by atoms with Crippen LogP contribution >= 0.6 is 0 Å². The molecule has 0 radical (unpaired) electrons. The molecular formula is C67H113N11O14. The third-order valence-corrected chi connectivity index (χ3v) is 18.1. The van der Waals surface area contributed by atoms with Gasteiger partial charge in [-0.25, -0.2) is 4.79 Å². The van der Waals surface area contributed by atoms with E-state index in [4.69, 9.17) is 0 Å². The van der Waals surface area contributed by atoms with Crippen LogP contribution in [0.25, 0.3) is 0 Å². The molecule has 1 aromatic carbocycles. The van der Waals surface area contributed by atoms with Crippen LogP contribution in [0.15, 0.2) is 30.3 Å². The van der Waals surface area contributed by atoms with Gasteiger partial charge < -0.3 is 65.4 Å². The van der Waals surface area contributed by atoms with E-state index in [1.165, 1.54) is 104 Å². The van der Waals surface area contributed by atoms with E-state index in [-0.39, 0.29) is 37.6 Å². The Labute approximate surface area is 547 Å². The second-order valence-electron chi connectivity index (χ2n) is 27.5. The molecule has 520 valence electrons. The summed E-state index contributed by atoms with van der Waals surface area (Å²) in [6, 6.07) is -4.12. The lowest BCUT2D eigenvalue weighted by atomic mass is 9.93. The molecule has 1 aliphatic heterocycles. The lowest BCUT2D eigenvalue weighted by Gasteiger charge is -2.42. The Morgan fingerprint density at radius 1 is 0.522 bits per heavy atom. The number of carboxylic acids is 1. The normalized spacial score (nSPS) is 17.2. The number of hydrogen-bond donors (Lipinski definition) is 5. The number of carbonyl (C=O) groups is 12. The van der Waals surface area contributed by atoms with E-state index >= 15 is 14.4 Å². The zero-order valence-corrected chi connectivity index (χ0v) is 59.5. The first-order valence-corrected chi connectivity index (χ1v) is 32.5. The molecule has 0 bridgehead atoms. The number of amides is 11. The zero-order valence-electron chi connectivity index (χ0n) is 59.5. The highest BCUT2D eigenvalue weighted by molar-refractivity contribution is 6.00. The molecule has 0 aromatic heterocycles. The molecule has 1 aliphatic rings. The molecule has 2 rings (SSSR count). The Bertz CT molecular complexity index is 2720. The predicted molar refractivity (Wildman–Crippen MR) is 350 cm³/mol. The predicted octanol–water partition coefficient (Wildman–Crippen LogP) is 3.34. The Hall–Kier alpha value is -7.18. The summed E-state index contributed by atoms with van der Waals surface area (Å²) in [6.45, 7) is 28.8. The van der Waals surface area contributed by atoms with Crippen molar-refractivity contribution < 1.29 is 67.7 Å². The summed E-state index contributed by atoms with van der Waals surface area (Å²) in [5.74, 6) is -11.2. The van der Waals surface area contributed by atoms with Gasteiger partial charge in [-0.05, 0) is 80.1 Å². The fourth-order valence-corrected chi connectivity index (χ4v) is 12.4. The molecular weight excluding hydrogens is 1180 g/mol. The van der Waals surface area contributed by atoms with Crippen molar-refractivity contribution in [3.05, 3.63) is 35.9 Å². The number of likely N-dealkylation sites (tertiary alicyclic amines) is 1. The highest BCUT2D eigenvalue weighted by atomic mass is 16.4. The third kappa shape index (κ3) is 20.4. The number of carboxylic acid groups (broad SMARTS) is 1. The third-order valence-electron chi connectivity index (χ3n) is 18.1. The van der Waals surface area contributed by atoms with Crippen LogP contribution in [0, 0.1) is 41.4 Å². The molecule has 1 saturated heterocycles. The molecule has 1 fully saturated rings. The topological polar surface area (TPSA) is 307 Å². The number of nitrogens with zero attached hydrogens (tertiary/aromatic N) is 8. The van der Waals surface area contributed by atoms with Gasteiger partial charge in [0.1, 0.15) is 66.5 Å². The number of aliphatic carboxylic acids is 1. The van der Waals surface area contributed by atoms with Crippen molar-refractivity contribution >= 4 is 70.9 Å². The minimum Gasteiger partial charge on any atom is -0.480 e. The van der Waals surface area contributed by atoms with Crippen LogP contribution in [-0.2, 0) is 64.0 Å². The first-order valence-electron chi connectivity index (χ1n) is 32.5. The largest absolute Gasteiger partial charge is 0.480 e. The molecule has 1 aromatic rings. The maximum Gasteiger partial charge on any atom is 0.326 e. The standard InChI is InChI=1S/C67H113N11O14/c1-25-42(14)56(59(83)68-47(67(91)92)34-36(2)3)77(24)62(86)49(35-46-30-27-26-28-31-46)72(19)64(88)53(39(8)9)76(23)65(89)54(40(10)11)74(21)61(85)48-32-29-33-78(48)66(90)55(41(12)13)75(22)63(87)51(44(16)79)70-57(81)50(37(4)5)69-58(82)52(38(6)7)73(20)60(84)43(15)71(18)45(17)80/h26-28,30-31,36-44,47-56,79H,25,29,32-35H2,1-24H3,(H,68,83)(H,69,82)(H,70,81)(H,91,92)/t42-,43-,44+,47-,48-,49-,50-,51-,52-,53-,54-,55-,56-/m0/s1. The van der Waals surface area contributed by atoms with E-state index in [2.05, 4.69) is 16.0 Å². The number of aliphatic hydroxyl groups is 1. The van der Waals surface area contributed by atoms with Crippen LogP contribution in [0.5, 0.6) is 0 Å². The molecule has 92 heavy (non-hydrogen) atoms. The van der Waals surface area contributed by atoms with Gasteiger partial charge in [-0.2, -0.15) is 0 Å². The van der Waals surface area contributed by atoms with Gasteiger partial charge in [0.2, 0.25) is 65.0 Å². The summed E-state index contributed by atoms with van der Waals surface area (Å²) >= 11 is 0. The molecule has 11 amide bonds. The van der Waals surface area contributed by atoms with E-state index in [0.29, 0.717) is 18.4 Å². The first-order chi connectivity index (χ1) is 42.5. The van der Waals surface area contributed by atoms with Crippen molar-refractivity contribution in [1.29, 1.82) is 0 Å². The highest BCUT2D eigenvalue weighted by Gasteiger charge is 2.48. The average Bonchev–Trinajstić information content (AvgIpc) is 1.21. The Balaban J connectivity index is 2.54. The molecule has 5 N–H and O–H groups in total. The maximum absolute atomic E-state index is 15.2. The van der Waals surface area contributed by atoms with Gasteiger partial charge in [-0.15, -0.1) is 0 Å². The van der Waals surface area contributed by atoms with Crippen LogP contribution in [-0.4, -0.2) is 249 Å². The number of likely N-dealkylation sites (N-methyl/N-ethyl adjacent to an activating group) is 7. The van der Waals surface area contributed by atoms with Gasteiger partial charge in [0.05, 0.1) is 6.10 Å². The molecule has 0 spiro atoms. The number of carbonyl (C=O) groups excluding carboxylic acids is 11. The van der Waals surface area contributed by atoms with E-state index in [0.717, 1.165) is 4.90 Å². The SMILES string of the molecule is CC[C@H](C)[C@@H](C(=O)N[C@@H](CC(C)C)C(=O)O)N(C)C(=O)[C@H](Cc1ccccc1)N(C)C(=O)[C@H](C(C)C)N(C)C(=O)[C@H](C(C)C)N(C)C(=O)[C@@H]1CCCN1C(=O)[C@H](C(C)C)N(C)C(=O)[C@@H](NC(=O)[C@@H](NC(=O)[C@H](C(C)C)N(C)C(=O)[C@H](C)N(C)C(C)=O)C(C)C)[C@@H](C)O. The Kier molecular flexibility index (Phi) is 31.4. The van der Waals surface area contributed by atoms with Gasteiger partial charge >= 0.3 is 5.97 Å². The maximum atomic E-state index is 15.2. The number of benzene rings is 1. The van der Waals surface area contributed by atoms with Crippen molar-refractivity contribution in [2.75, 3.05) is 55.9 Å². The van der Waals surface area contributed by atoms with Gasteiger partial charge in [0.25, 0.3) is 0 Å². The average molecular weight is 1300 g/mol. The molecule has 25 heteroatoms. The fraction of sp³-hybridized carbons (Fsp3) is 0.731. The Morgan fingerprint density at radius 2 is 0.978 bits per heavy atom. The zero-order chi connectivity index (χ0) is 71.0. The Morgan fingerprint density at radius 3 is 1.43 bits per heavy atom. The van der Waals surface area contributed by atoms with E-state index in [1.807, 2.05) is 26.8 Å². The summed E-state index contributed by atoms with van der Waals surface area (Å²) in [7, 11) is 10.1. The summed E-state index contributed by atoms with van der Waals surface area (Å²) in [5.41, 5.74) is 0.700. The van der Waals surface area contributed by atoms with E-state index in [9.17, 15) is 53.4 Å². The van der Waals surface area contributed by atoms with Crippen molar-refractivity contribution in [3.63, 3.8) is 0 Å². The summed E-state index contributed by atoms with van der Waals surface area (Å²) in [6.07, 6.45) is -0.291. The quantitative estimate of drug-likeness (QED) is 0.0675. The summed E-state index contributed by atoms with van der Waals surface area (Å²) in [4.78, 5) is 180. The number of hydrogen-bond acceptors (Lipinski definition) is 13. The van der Waals surface area contributed by atoms with Gasteiger partial charge in [-0.1, -0.05) is 134 Å². The fourth-order valence-electron chi connectivity index (χ4n) is 12.4. The van der Waals surface area contributed by atoms with Gasteiger partial charge in [0.15, 0.2) is 0 Å². The molecule has 13 atom stereocenters. The van der Waals surface area contributed by atoms with Crippen molar-refractivity contribution in [3.8, 4) is 0 Å². The number of rotatable bonds is 33. The van der Waals surface area contributed by atoms with Crippen LogP contribution in [0.3, 0.4) is 0 Å². The van der Waals surface area contributed by atoms with Crippen LogP contribution < -0.4 is 16.0 Å². The van der Waals surface area contributed by atoms with Crippen LogP contribution in [0.2, 0.25) is 0 Å². The van der Waals surface area contributed by atoms with Crippen molar-refractivity contribution in [2.45, 2.75) is 222 Å². The van der Waals surface area contributed by atoms with Gasteiger partial charge in [-0.3, -0.25) is 52.7 Å². The monoisotopic (exact) mass is 1300 g/mol. The van der Waals surface area contributed by atoms with Crippen molar-refractivity contribution in [1.82, 2.24) is 55.1 Å². The van der Waals surface area contributed by atoms with E-state index in [1.54, 1.807) is 100 Å². The minimum atomic E-state index is -1.63. The first kappa shape index (κ1) is 80.9. The molecule has 0 unspecified atom stereocenters. The number of aliphatic hydroxyl groups excluding tert-OH is 1. The molecule has 25 nitrogen and oxygen atoms in total. The van der Waals surface area contributed by atoms with Crippen LogP contribution in [0.1, 0.15) is 149 Å². The summed E-state index contributed by atoms with van der Waals surface area (Å²) in [5, 5.41) is 29.2. The molecule has 0 saturated carbocycles. The lowest BCUT2D eigenvalue weighted by molar-refractivity contribution is -0.158. The van der Waals surface area contributed by atoms with E-state index < -0.39 is 173 Å². The molecule has 0 aliphatic carbocycles. The molecule has 1 heterocycles. The second kappa shape index (κ2) is 35.7. The number of nitrogens with one attached hydrogen (secondary N) is 3. The minimum absolute atomic E-state index is 0.0176. The smallest absolute Gasteiger partial charge is 0.326 e.